The second kappa shape index (κ2) is 5.37. The number of halogens is 1. The lowest BCUT2D eigenvalue weighted by Crippen LogP contribution is -2.42. The van der Waals surface area contributed by atoms with E-state index in [-0.39, 0.29) is 11.9 Å². The molecule has 1 unspecified atom stereocenters. The third-order valence-corrected chi connectivity index (χ3v) is 4.16. The molecule has 1 atom stereocenters. The molecular weight excluding hydrogens is 316 g/mol. The zero-order valence-electron chi connectivity index (χ0n) is 11.2. The van der Waals surface area contributed by atoms with E-state index in [0.717, 1.165) is 23.0 Å². The van der Waals surface area contributed by atoms with Gasteiger partial charge in [-0.3, -0.25) is 4.79 Å². The fraction of sp³-hybridized carbons (Fsp3) is 0.250. The van der Waals surface area contributed by atoms with Crippen molar-refractivity contribution in [3.05, 3.63) is 58.3 Å². The highest BCUT2D eigenvalue weighted by molar-refractivity contribution is 9.10. The van der Waals surface area contributed by atoms with Crippen molar-refractivity contribution in [2.45, 2.75) is 25.8 Å². The number of fused-ring (bicyclic) bond motifs is 1. The third kappa shape index (κ3) is 2.36. The second-order valence-corrected chi connectivity index (χ2v) is 5.97. The van der Waals surface area contributed by atoms with Crippen LogP contribution in [-0.2, 0) is 6.42 Å². The summed E-state index contributed by atoms with van der Waals surface area (Å²) in [5.74, 6) is -0.0304. The van der Waals surface area contributed by atoms with Gasteiger partial charge >= 0.3 is 0 Å². The number of aryl methyl sites for hydroxylation is 1. The standard InChI is InChI=1S/C16H15BrN2O/c1-11-6-7-12-4-2-3-5-15(12)19(11)16(20)14-9-8-13(17)10-18-14/h2-5,8-11H,6-7H2,1H3. The van der Waals surface area contributed by atoms with Crippen LogP contribution >= 0.6 is 15.9 Å². The average molecular weight is 331 g/mol. The highest BCUT2D eigenvalue weighted by atomic mass is 79.9. The zero-order chi connectivity index (χ0) is 14.1. The molecule has 0 N–H and O–H groups in total. The molecule has 1 aliphatic rings. The number of carbonyl (C=O) groups excluding carboxylic acids is 1. The number of rotatable bonds is 1. The molecule has 0 saturated heterocycles. The molecule has 2 aromatic rings. The van der Waals surface area contributed by atoms with E-state index in [0.29, 0.717) is 5.69 Å². The van der Waals surface area contributed by atoms with E-state index in [4.69, 9.17) is 0 Å². The predicted molar refractivity (Wildman–Crippen MR) is 83.0 cm³/mol. The minimum Gasteiger partial charge on any atom is -0.304 e. The van der Waals surface area contributed by atoms with E-state index in [1.807, 2.05) is 29.2 Å². The molecule has 102 valence electrons. The average Bonchev–Trinajstić information content (AvgIpc) is 2.47. The molecule has 0 radical (unpaired) electrons. The first-order valence-electron chi connectivity index (χ1n) is 6.70. The van der Waals surface area contributed by atoms with E-state index >= 15 is 0 Å². The summed E-state index contributed by atoms with van der Waals surface area (Å²) in [6.45, 7) is 2.09. The molecule has 1 aromatic carbocycles. The van der Waals surface area contributed by atoms with Crippen LogP contribution in [0.1, 0.15) is 29.4 Å². The van der Waals surface area contributed by atoms with E-state index in [1.165, 1.54) is 5.56 Å². The van der Waals surface area contributed by atoms with Crippen LogP contribution in [-0.4, -0.2) is 16.9 Å². The highest BCUT2D eigenvalue weighted by Gasteiger charge is 2.29. The van der Waals surface area contributed by atoms with Crippen molar-refractivity contribution in [1.82, 2.24) is 4.98 Å². The maximum atomic E-state index is 12.7. The lowest BCUT2D eigenvalue weighted by molar-refractivity contribution is 0.0970. The van der Waals surface area contributed by atoms with Crippen molar-refractivity contribution in [2.24, 2.45) is 0 Å². The largest absolute Gasteiger partial charge is 0.304 e. The molecule has 3 rings (SSSR count). The van der Waals surface area contributed by atoms with Crippen LogP contribution in [0.2, 0.25) is 0 Å². The van der Waals surface area contributed by atoms with Gasteiger partial charge in [-0.05, 0) is 59.5 Å². The lowest BCUT2D eigenvalue weighted by atomic mass is 9.96. The van der Waals surface area contributed by atoms with Gasteiger partial charge < -0.3 is 4.90 Å². The van der Waals surface area contributed by atoms with Crippen molar-refractivity contribution in [2.75, 3.05) is 4.90 Å². The maximum Gasteiger partial charge on any atom is 0.277 e. The minimum atomic E-state index is -0.0304. The Labute approximate surface area is 126 Å². The third-order valence-electron chi connectivity index (χ3n) is 3.69. The van der Waals surface area contributed by atoms with E-state index in [1.54, 1.807) is 12.3 Å². The number of nitrogens with zero attached hydrogens (tertiary/aromatic N) is 2. The summed E-state index contributed by atoms with van der Waals surface area (Å²) in [6, 6.07) is 11.9. The summed E-state index contributed by atoms with van der Waals surface area (Å²) < 4.78 is 0.876. The molecule has 0 saturated carbocycles. The number of hydrogen-bond acceptors (Lipinski definition) is 2. The molecule has 4 heteroatoms. The van der Waals surface area contributed by atoms with Crippen LogP contribution in [0.3, 0.4) is 0 Å². The molecule has 0 bridgehead atoms. The number of amides is 1. The number of aromatic nitrogens is 1. The Bertz CT molecular complexity index is 639. The van der Waals surface area contributed by atoms with Crippen LogP contribution < -0.4 is 4.90 Å². The fourth-order valence-corrected chi connectivity index (χ4v) is 2.86. The Morgan fingerprint density at radius 3 is 2.85 bits per heavy atom. The van der Waals surface area contributed by atoms with Gasteiger partial charge in [0.05, 0.1) is 0 Å². The number of hydrogen-bond donors (Lipinski definition) is 0. The van der Waals surface area contributed by atoms with Crippen molar-refractivity contribution >= 4 is 27.5 Å². The molecule has 1 aromatic heterocycles. The molecule has 3 nitrogen and oxygen atoms in total. The molecule has 20 heavy (non-hydrogen) atoms. The Balaban J connectivity index is 2.00. The summed E-state index contributed by atoms with van der Waals surface area (Å²) in [6.07, 6.45) is 3.67. The Morgan fingerprint density at radius 2 is 2.10 bits per heavy atom. The number of anilines is 1. The van der Waals surface area contributed by atoms with Crippen LogP contribution in [0.15, 0.2) is 47.1 Å². The summed E-state index contributed by atoms with van der Waals surface area (Å²) in [7, 11) is 0. The zero-order valence-corrected chi connectivity index (χ0v) is 12.8. The lowest BCUT2D eigenvalue weighted by Gasteiger charge is -2.35. The first-order chi connectivity index (χ1) is 9.66. The first kappa shape index (κ1) is 13.3. The smallest absolute Gasteiger partial charge is 0.277 e. The van der Waals surface area contributed by atoms with Gasteiger partial charge in [-0.2, -0.15) is 0 Å². The van der Waals surface area contributed by atoms with Gasteiger partial charge in [0.25, 0.3) is 5.91 Å². The molecule has 0 spiro atoms. The van der Waals surface area contributed by atoms with Crippen LogP contribution in [0.4, 0.5) is 5.69 Å². The molecule has 0 fully saturated rings. The Hall–Kier alpha value is -1.68. The van der Waals surface area contributed by atoms with Gasteiger partial charge in [-0.1, -0.05) is 18.2 Å². The Morgan fingerprint density at radius 1 is 1.30 bits per heavy atom. The van der Waals surface area contributed by atoms with E-state index in [2.05, 4.69) is 33.9 Å². The van der Waals surface area contributed by atoms with Gasteiger partial charge in [0.1, 0.15) is 5.69 Å². The SMILES string of the molecule is CC1CCc2ccccc2N1C(=O)c1ccc(Br)cn1. The molecule has 1 aliphatic heterocycles. The normalized spacial score (nSPS) is 17.7. The quantitative estimate of drug-likeness (QED) is 0.796. The second-order valence-electron chi connectivity index (χ2n) is 5.05. The van der Waals surface area contributed by atoms with E-state index in [9.17, 15) is 4.79 Å². The molecule has 1 amide bonds. The first-order valence-corrected chi connectivity index (χ1v) is 7.49. The van der Waals surface area contributed by atoms with Gasteiger partial charge in [0, 0.05) is 22.4 Å². The van der Waals surface area contributed by atoms with Crippen molar-refractivity contribution < 1.29 is 4.79 Å². The maximum absolute atomic E-state index is 12.7. The Kier molecular flexibility index (Phi) is 3.57. The predicted octanol–water partition coefficient (Wildman–Crippen LogP) is 3.83. The fourth-order valence-electron chi connectivity index (χ4n) is 2.62. The van der Waals surface area contributed by atoms with Gasteiger partial charge in [0.2, 0.25) is 0 Å². The summed E-state index contributed by atoms with van der Waals surface area (Å²) in [4.78, 5) is 18.8. The summed E-state index contributed by atoms with van der Waals surface area (Å²) in [5, 5.41) is 0. The van der Waals surface area contributed by atoms with Crippen LogP contribution in [0.25, 0.3) is 0 Å². The van der Waals surface area contributed by atoms with Gasteiger partial charge in [0.15, 0.2) is 0 Å². The highest BCUT2D eigenvalue weighted by Crippen LogP contribution is 2.31. The summed E-state index contributed by atoms with van der Waals surface area (Å²) in [5.41, 5.74) is 2.73. The monoisotopic (exact) mass is 330 g/mol. The topological polar surface area (TPSA) is 33.2 Å². The molecule has 2 heterocycles. The van der Waals surface area contributed by atoms with Crippen LogP contribution in [0.5, 0.6) is 0 Å². The van der Waals surface area contributed by atoms with E-state index < -0.39 is 0 Å². The number of para-hydroxylation sites is 1. The van der Waals surface area contributed by atoms with Crippen molar-refractivity contribution in [3.8, 4) is 0 Å². The van der Waals surface area contributed by atoms with Crippen molar-refractivity contribution in [1.29, 1.82) is 0 Å². The number of carbonyl (C=O) groups is 1. The van der Waals surface area contributed by atoms with Gasteiger partial charge in [-0.15, -0.1) is 0 Å². The summed E-state index contributed by atoms with van der Waals surface area (Å²) >= 11 is 3.34. The van der Waals surface area contributed by atoms with Gasteiger partial charge in [-0.25, -0.2) is 4.98 Å². The molecule has 0 aliphatic carbocycles. The molecular formula is C16H15BrN2O. The number of benzene rings is 1. The number of pyridine rings is 1. The van der Waals surface area contributed by atoms with Crippen molar-refractivity contribution in [3.63, 3.8) is 0 Å². The minimum absolute atomic E-state index is 0.0304. The van der Waals surface area contributed by atoms with Crippen LogP contribution in [0, 0.1) is 0 Å².